The first kappa shape index (κ1) is 31.6. The van der Waals surface area contributed by atoms with Crippen molar-refractivity contribution in [1.29, 1.82) is 0 Å². The van der Waals surface area contributed by atoms with Crippen LogP contribution >= 0.6 is 0 Å². The van der Waals surface area contributed by atoms with Crippen LogP contribution in [0, 0.1) is 17.6 Å². The minimum atomic E-state index is -0.845. The van der Waals surface area contributed by atoms with Gasteiger partial charge in [-0.15, -0.1) is 0 Å². The third-order valence-corrected chi connectivity index (χ3v) is 8.01. The molecule has 9 nitrogen and oxygen atoms in total. The number of hydrogen-bond donors (Lipinski definition) is 1. The van der Waals surface area contributed by atoms with Crippen LogP contribution in [0.5, 0.6) is 5.75 Å². The molecule has 1 aromatic heterocycles. The SMILES string of the molecule is COC(=O)CC1CCC(C)N(C)CC1n1cc(C(=O)NCc2ccc(F)cc2F)c(=O)c(OCc2ccccc2)c1C=O. The summed E-state index contributed by atoms with van der Waals surface area (Å²) in [7, 11) is 3.24. The van der Waals surface area contributed by atoms with Crippen molar-refractivity contribution in [2.45, 2.75) is 51.4 Å². The predicted molar refractivity (Wildman–Crippen MR) is 155 cm³/mol. The lowest BCUT2D eigenvalue weighted by Gasteiger charge is -2.32. The number of ether oxygens (including phenoxy) is 2. The smallest absolute Gasteiger partial charge is 0.305 e. The van der Waals surface area contributed by atoms with Gasteiger partial charge in [0.15, 0.2) is 12.0 Å². The van der Waals surface area contributed by atoms with Crippen molar-refractivity contribution in [2.75, 3.05) is 20.7 Å². The second kappa shape index (κ2) is 14.2. The van der Waals surface area contributed by atoms with E-state index < -0.39 is 35.0 Å². The number of halogens is 2. The van der Waals surface area contributed by atoms with Crippen LogP contribution in [-0.4, -0.2) is 54.4 Å². The van der Waals surface area contributed by atoms with Gasteiger partial charge < -0.3 is 24.3 Å². The van der Waals surface area contributed by atoms with Crippen molar-refractivity contribution in [2.24, 2.45) is 5.92 Å². The molecule has 0 bridgehead atoms. The molecule has 2 aromatic carbocycles. The van der Waals surface area contributed by atoms with E-state index in [-0.39, 0.29) is 54.1 Å². The highest BCUT2D eigenvalue weighted by Crippen LogP contribution is 2.34. The molecule has 1 aliphatic rings. The standard InChI is InChI=1S/C32H35F2N3O6/c1-20-9-10-22(13-29(39)42-3)27(17-36(20)2)37-16-25(32(41)35-15-23-11-12-24(33)14-26(23)34)30(40)31(28(37)18-38)43-19-21-7-5-4-6-8-21/h4-8,11-12,14,16,18,20,22,27H,9-10,13,15,17,19H2,1-3H3,(H,35,41). The van der Waals surface area contributed by atoms with E-state index in [1.165, 1.54) is 19.4 Å². The third kappa shape index (κ3) is 7.53. The fourth-order valence-electron chi connectivity index (χ4n) is 5.32. The zero-order valence-corrected chi connectivity index (χ0v) is 24.3. The topological polar surface area (TPSA) is 107 Å². The molecule has 1 fully saturated rings. The maximum Gasteiger partial charge on any atom is 0.305 e. The quantitative estimate of drug-likeness (QED) is 0.275. The van der Waals surface area contributed by atoms with Gasteiger partial charge in [0.2, 0.25) is 5.43 Å². The number of aldehydes is 1. The van der Waals surface area contributed by atoms with Crippen LogP contribution in [0.1, 0.15) is 64.2 Å². The summed E-state index contributed by atoms with van der Waals surface area (Å²) in [4.78, 5) is 54.2. The number of benzene rings is 2. The van der Waals surface area contributed by atoms with Gasteiger partial charge in [-0.2, -0.15) is 0 Å². The zero-order chi connectivity index (χ0) is 31.1. The fourth-order valence-corrected chi connectivity index (χ4v) is 5.32. The third-order valence-electron chi connectivity index (χ3n) is 8.01. The number of nitrogens with one attached hydrogen (secondary N) is 1. The number of pyridine rings is 1. The van der Waals surface area contributed by atoms with Gasteiger partial charge in [0.1, 0.15) is 29.5 Å². The molecule has 0 spiro atoms. The Balaban J connectivity index is 1.80. The van der Waals surface area contributed by atoms with E-state index in [0.717, 1.165) is 18.1 Å². The largest absolute Gasteiger partial charge is 0.483 e. The van der Waals surface area contributed by atoms with Crippen molar-refractivity contribution >= 4 is 18.2 Å². The van der Waals surface area contributed by atoms with Crippen molar-refractivity contribution in [3.05, 3.63) is 99.0 Å². The summed E-state index contributed by atoms with van der Waals surface area (Å²) in [6, 6.07) is 11.7. The number of likely N-dealkylation sites (tertiary alicyclic amines) is 1. The lowest BCUT2D eigenvalue weighted by molar-refractivity contribution is -0.142. The summed E-state index contributed by atoms with van der Waals surface area (Å²) in [5.41, 5.74) is -0.444. The van der Waals surface area contributed by atoms with Crippen molar-refractivity contribution in [3.8, 4) is 5.75 Å². The van der Waals surface area contributed by atoms with Gasteiger partial charge in [-0.1, -0.05) is 36.4 Å². The number of carbonyl (C=O) groups excluding carboxylic acids is 3. The van der Waals surface area contributed by atoms with Crippen LogP contribution in [0.2, 0.25) is 0 Å². The van der Waals surface area contributed by atoms with Crippen molar-refractivity contribution in [1.82, 2.24) is 14.8 Å². The number of aromatic nitrogens is 1. The Morgan fingerprint density at radius 3 is 2.53 bits per heavy atom. The molecule has 1 N–H and O–H groups in total. The zero-order valence-electron chi connectivity index (χ0n) is 24.3. The average molecular weight is 596 g/mol. The Morgan fingerprint density at radius 1 is 1.12 bits per heavy atom. The fraction of sp³-hybridized carbons (Fsp3) is 0.375. The van der Waals surface area contributed by atoms with Gasteiger partial charge in [0.05, 0.1) is 13.5 Å². The molecule has 1 aliphatic heterocycles. The van der Waals surface area contributed by atoms with Gasteiger partial charge in [0.25, 0.3) is 5.91 Å². The maximum absolute atomic E-state index is 14.2. The molecule has 3 atom stereocenters. The molecular weight excluding hydrogens is 560 g/mol. The molecule has 228 valence electrons. The van der Waals surface area contributed by atoms with Crippen LogP contribution in [0.25, 0.3) is 0 Å². The molecule has 1 amide bonds. The lowest BCUT2D eigenvalue weighted by atomic mass is 9.90. The molecule has 4 rings (SSSR count). The van der Waals surface area contributed by atoms with Crippen LogP contribution in [0.4, 0.5) is 8.78 Å². The normalized spacial score (nSPS) is 18.9. The minimum absolute atomic E-state index is 0.0256. The van der Waals surface area contributed by atoms with Crippen LogP contribution in [-0.2, 0) is 22.7 Å². The number of nitrogens with zero attached hydrogens (tertiary/aromatic N) is 2. The summed E-state index contributed by atoms with van der Waals surface area (Å²) in [6.45, 7) is 2.11. The van der Waals surface area contributed by atoms with Crippen molar-refractivity contribution in [3.63, 3.8) is 0 Å². The number of hydrogen-bond acceptors (Lipinski definition) is 7. The molecule has 1 saturated heterocycles. The maximum atomic E-state index is 14.2. The molecule has 3 unspecified atom stereocenters. The van der Waals surface area contributed by atoms with Crippen molar-refractivity contribution < 1.29 is 32.6 Å². The van der Waals surface area contributed by atoms with Gasteiger partial charge in [-0.3, -0.25) is 19.2 Å². The highest BCUT2D eigenvalue weighted by atomic mass is 19.1. The van der Waals surface area contributed by atoms with E-state index in [4.69, 9.17) is 9.47 Å². The summed E-state index contributed by atoms with van der Waals surface area (Å²) < 4.78 is 40.0. The van der Waals surface area contributed by atoms with E-state index in [1.807, 2.05) is 13.1 Å². The number of rotatable bonds is 10. The highest BCUT2D eigenvalue weighted by molar-refractivity contribution is 5.95. The monoisotopic (exact) mass is 595 g/mol. The second-order valence-electron chi connectivity index (χ2n) is 10.8. The minimum Gasteiger partial charge on any atom is -0.483 e. The second-order valence-corrected chi connectivity index (χ2v) is 10.8. The number of likely N-dealkylation sites (N-methyl/N-ethyl adjacent to an activating group) is 1. The molecule has 43 heavy (non-hydrogen) atoms. The van der Waals surface area contributed by atoms with Gasteiger partial charge >= 0.3 is 5.97 Å². The molecular formula is C32H35F2N3O6. The Labute approximate surface area is 248 Å². The Kier molecular flexibility index (Phi) is 10.4. The summed E-state index contributed by atoms with van der Waals surface area (Å²) >= 11 is 0. The van der Waals surface area contributed by atoms with Gasteiger partial charge in [0, 0.05) is 43.0 Å². The van der Waals surface area contributed by atoms with E-state index in [9.17, 15) is 28.0 Å². The molecule has 11 heteroatoms. The van der Waals surface area contributed by atoms with E-state index in [1.54, 1.807) is 28.8 Å². The van der Waals surface area contributed by atoms with Crippen LogP contribution in [0.3, 0.4) is 0 Å². The molecule has 0 saturated carbocycles. The molecule has 0 aliphatic carbocycles. The molecule has 2 heterocycles. The number of carbonyl (C=O) groups is 3. The molecule has 3 aromatic rings. The van der Waals surface area contributed by atoms with Gasteiger partial charge in [-0.05, 0) is 44.4 Å². The molecule has 0 radical (unpaired) electrons. The van der Waals surface area contributed by atoms with Gasteiger partial charge in [-0.25, -0.2) is 8.78 Å². The first-order valence-corrected chi connectivity index (χ1v) is 14.0. The number of methoxy groups -OCH3 is 1. The number of esters is 1. The van der Waals surface area contributed by atoms with E-state index >= 15 is 0 Å². The Morgan fingerprint density at radius 2 is 1.86 bits per heavy atom. The summed E-state index contributed by atoms with van der Waals surface area (Å²) in [6.07, 6.45) is 3.29. The van der Waals surface area contributed by atoms with E-state index in [2.05, 4.69) is 17.1 Å². The first-order chi connectivity index (χ1) is 20.6. The Bertz CT molecular complexity index is 1530. The summed E-state index contributed by atoms with van der Waals surface area (Å²) in [5.74, 6) is -3.44. The van der Waals surface area contributed by atoms with E-state index in [0.29, 0.717) is 25.3 Å². The average Bonchev–Trinajstić information content (AvgIpc) is 3.13. The first-order valence-electron chi connectivity index (χ1n) is 14.0. The summed E-state index contributed by atoms with van der Waals surface area (Å²) in [5, 5.41) is 2.52. The number of amides is 1. The van der Waals surface area contributed by atoms with Crippen LogP contribution in [0.15, 0.2) is 59.5 Å². The predicted octanol–water partition coefficient (Wildman–Crippen LogP) is 4.28. The highest BCUT2D eigenvalue weighted by Gasteiger charge is 2.34. The Hall–Kier alpha value is -4.38. The lowest BCUT2D eigenvalue weighted by Crippen LogP contribution is -2.37. The van der Waals surface area contributed by atoms with Crippen LogP contribution < -0.4 is 15.5 Å².